The Morgan fingerprint density at radius 2 is 2.25 bits per heavy atom. The summed E-state index contributed by atoms with van der Waals surface area (Å²) in [5.41, 5.74) is 0. The van der Waals surface area contributed by atoms with Gasteiger partial charge in [0.1, 0.15) is 0 Å². The molecule has 1 rings (SSSR count). The fraction of sp³-hybridized carbons (Fsp3) is 0.909. The maximum atomic E-state index is 9.84. The lowest BCUT2D eigenvalue weighted by atomic mass is 10.4. The predicted octanol–water partition coefficient (Wildman–Crippen LogP) is 2.54. The molecule has 0 amide bonds. The zero-order valence-electron chi connectivity index (χ0n) is 10.8. The van der Waals surface area contributed by atoms with Gasteiger partial charge in [0.2, 0.25) is 0 Å². The van der Waals surface area contributed by atoms with Gasteiger partial charge in [-0.15, -0.1) is 0 Å². The molecule has 1 radical (unpaired) electrons. The van der Waals surface area contributed by atoms with Crippen LogP contribution < -0.4 is 0 Å². The molecule has 93 valence electrons. The standard InChI is InChI=1S/C8H18OSi.C2H4O2.CH3.Al/c1-2-3-7-10-8-5-4-6-9-10;1-2(3)4;;/h10H,2-8H2,1H3;1H3,(H,3,4);1H3;/q;;;+1/p-1. The molecule has 5 heteroatoms. The lowest BCUT2D eigenvalue weighted by Crippen LogP contribution is -2.22. The number of hydrogen-bond donors (Lipinski definition) is 0. The van der Waals surface area contributed by atoms with Crippen LogP contribution in [0.2, 0.25) is 17.9 Å². The van der Waals surface area contributed by atoms with E-state index in [1.54, 1.807) is 0 Å². The number of rotatable bonds is 4. The molecule has 0 aliphatic carbocycles. The molecule has 1 aliphatic heterocycles. The van der Waals surface area contributed by atoms with Crippen molar-refractivity contribution in [2.75, 3.05) is 6.61 Å². The molecular formula is C11H24AlO3Si. The van der Waals surface area contributed by atoms with Crippen LogP contribution in [0.25, 0.3) is 0 Å². The van der Waals surface area contributed by atoms with Crippen LogP contribution in [-0.4, -0.2) is 37.2 Å². The molecule has 0 aromatic rings. The Kier molecular flexibility index (Phi) is 11.8. The van der Waals surface area contributed by atoms with Crippen molar-refractivity contribution < 1.29 is 13.0 Å². The molecule has 0 aromatic heterocycles. The molecule has 16 heavy (non-hydrogen) atoms. The minimum atomic E-state index is -0.644. The van der Waals surface area contributed by atoms with Crippen LogP contribution in [0.15, 0.2) is 0 Å². The molecule has 1 saturated heterocycles. The summed E-state index contributed by atoms with van der Waals surface area (Å²) in [6, 6.07) is 2.87. The average Bonchev–Trinajstić information content (AvgIpc) is 2.28. The van der Waals surface area contributed by atoms with E-state index in [2.05, 4.69) is 10.7 Å². The summed E-state index contributed by atoms with van der Waals surface area (Å²) in [7, 11) is -0.644. The third-order valence-electron chi connectivity index (χ3n) is 2.44. The molecular weight excluding hydrogens is 235 g/mol. The van der Waals surface area contributed by atoms with Crippen LogP contribution in [0.4, 0.5) is 0 Å². The van der Waals surface area contributed by atoms with Crippen LogP contribution in [0.1, 0.15) is 39.5 Å². The first-order valence-electron chi connectivity index (χ1n) is 6.27. The van der Waals surface area contributed by atoms with E-state index in [9.17, 15) is 4.79 Å². The van der Waals surface area contributed by atoms with Crippen molar-refractivity contribution in [3.63, 3.8) is 0 Å². The van der Waals surface area contributed by atoms with E-state index in [0.29, 0.717) is 0 Å². The van der Waals surface area contributed by atoms with Gasteiger partial charge in [-0.2, -0.15) is 0 Å². The second-order valence-electron chi connectivity index (χ2n) is 3.98. The highest BCUT2D eigenvalue weighted by molar-refractivity contribution is 6.51. The van der Waals surface area contributed by atoms with Gasteiger partial charge in [-0.1, -0.05) is 32.0 Å². The summed E-state index contributed by atoms with van der Waals surface area (Å²) < 4.78 is 10.2. The molecule has 1 fully saturated rings. The second kappa shape index (κ2) is 11.7. The second-order valence-corrected chi connectivity index (χ2v) is 7.42. The lowest BCUT2D eigenvalue weighted by molar-refractivity contribution is -0.131. The van der Waals surface area contributed by atoms with Crippen LogP contribution in [0.3, 0.4) is 0 Å². The highest BCUT2D eigenvalue weighted by atomic mass is 28.3. The normalized spacial score (nSPS) is 19.3. The van der Waals surface area contributed by atoms with E-state index in [1.807, 2.05) is 5.79 Å². The van der Waals surface area contributed by atoms with Crippen molar-refractivity contribution in [2.24, 2.45) is 0 Å². The van der Waals surface area contributed by atoms with E-state index in [-0.39, 0.29) is 21.5 Å². The Labute approximate surface area is 108 Å². The summed E-state index contributed by atoms with van der Waals surface area (Å²) in [4.78, 5) is 9.84. The predicted molar refractivity (Wildman–Crippen MR) is 70.2 cm³/mol. The first kappa shape index (κ1) is 16.2. The van der Waals surface area contributed by atoms with Crippen LogP contribution in [0, 0.1) is 0 Å². The van der Waals surface area contributed by atoms with Gasteiger partial charge in [-0.25, -0.2) is 0 Å². The van der Waals surface area contributed by atoms with E-state index in [0.717, 1.165) is 6.61 Å². The molecule has 0 aromatic carbocycles. The Morgan fingerprint density at radius 1 is 1.50 bits per heavy atom. The topological polar surface area (TPSA) is 35.5 Å². The van der Waals surface area contributed by atoms with Gasteiger partial charge in [0.25, 0.3) is 5.97 Å². The fourth-order valence-corrected chi connectivity index (χ4v) is 4.69. The maximum absolute atomic E-state index is 9.84. The maximum Gasteiger partial charge on any atom is 0.521 e. The summed E-state index contributed by atoms with van der Waals surface area (Å²) in [5, 5.41) is 0. The first-order valence-corrected chi connectivity index (χ1v) is 10.00. The number of carbonyl (C=O) groups excluding carboxylic acids is 1. The molecule has 1 unspecified atom stereocenters. The van der Waals surface area contributed by atoms with E-state index in [4.69, 9.17) is 4.43 Å². The van der Waals surface area contributed by atoms with Crippen LogP contribution in [-0.2, 0) is 13.0 Å². The van der Waals surface area contributed by atoms with Crippen LogP contribution in [0.5, 0.6) is 0 Å². The molecule has 0 N–H and O–H groups in total. The highest BCUT2D eigenvalue weighted by Crippen LogP contribution is 2.15. The van der Waals surface area contributed by atoms with Crippen molar-refractivity contribution in [1.82, 2.24) is 0 Å². The minimum absolute atomic E-state index is 0.0972. The van der Waals surface area contributed by atoms with Crippen molar-refractivity contribution in [1.29, 1.82) is 0 Å². The highest BCUT2D eigenvalue weighted by Gasteiger charge is 2.14. The van der Waals surface area contributed by atoms with E-state index < -0.39 is 9.04 Å². The molecule has 0 saturated carbocycles. The van der Waals surface area contributed by atoms with Gasteiger partial charge in [-0.05, 0) is 18.5 Å². The van der Waals surface area contributed by atoms with Gasteiger partial charge < -0.3 is 8.21 Å². The average molecular weight is 259 g/mol. The van der Waals surface area contributed by atoms with Gasteiger partial charge >= 0.3 is 15.6 Å². The van der Waals surface area contributed by atoms with Gasteiger partial charge in [0.15, 0.2) is 9.04 Å². The summed E-state index contributed by atoms with van der Waals surface area (Å²) in [6.07, 6.45) is 5.50. The Hall–Kier alpha value is 0.179. The molecule has 1 aliphatic rings. The van der Waals surface area contributed by atoms with Gasteiger partial charge in [0, 0.05) is 13.5 Å². The zero-order chi connectivity index (χ0) is 12.2. The Morgan fingerprint density at radius 3 is 2.62 bits per heavy atom. The molecule has 0 spiro atoms. The fourth-order valence-electron chi connectivity index (χ4n) is 1.63. The van der Waals surface area contributed by atoms with Crippen molar-refractivity contribution in [3.05, 3.63) is 0 Å². The third kappa shape index (κ3) is 10.7. The number of unbranched alkanes of at least 4 members (excludes halogenated alkanes) is 1. The largest absolute Gasteiger partial charge is 0.622 e. The molecule has 3 nitrogen and oxygen atoms in total. The molecule has 1 heterocycles. The van der Waals surface area contributed by atoms with Gasteiger partial charge in [-0.3, -0.25) is 4.79 Å². The monoisotopic (exact) mass is 259 g/mol. The summed E-state index contributed by atoms with van der Waals surface area (Å²) >= 11 is -0.0972. The SMILES string of the molecule is CCCC[SiH]1CCCCO1.[CH3][Al][O]C(C)=O. The van der Waals surface area contributed by atoms with Crippen LogP contribution >= 0.6 is 0 Å². The Bertz CT molecular complexity index is 173. The number of hydrogen-bond acceptors (Lipinski definition) is 3. The Balaban J connectivity index is 0.000000325. The lowest BCUT2D eigenvalue weighted by Gasteiger charge is -2.20. The van der Waals surface area contributed by atoms with Crippen molar-refractivity contribution >= 4 is 30.6 Å². The summed E-state index contributed by atoms with van der Waals surface area (Å²) in [6.45, 7) is 4.74. The minimum Gasteiger partial charge on any atom is -0.622 e. The quantitative estimate of drug-likeness (QED) is 0.728. The molecule has 0 bridgehead atoms. The first-order chi connectivity index (χ1) is 7.70. The van der Waals surface area contributed by atoms with E-state index in [1.165, 1.54) is 44.7 Å². The summed E-state index contributed by atoms with van der Waals surface area (Å²) in [5.74, 6) is 1.69. The van der Waals surface area contributed by atoms with Crippen molar-refractivity contribution in [2.45, 2.75) is 57.4 Å². The molecule has 1 atom stereocenters. The van der Waals surface area contributed by atoms with E-state index >= 15 is 0 Å². The third-order valence-corrected chi connectivity index (χ3v) is 5.82. The van der Waals surface area contributed by atoms with Crippen molar-refractivity contribution in [3.8, 4) is 0 Å². The van der Waals surface area contributed by atoms with Gasteiger partial charge in [0.05, 0.1) is 0 Å². The number of carbonyl (C=O) groups is 1. The smallest absolute Gasteiger partial charge is 0.521 e. The zero-order valence-corrected chi connectivity index (χ0v) is 13.1.